The van der Waals surface area contributed by atoms with Crippen molar-refractivity contribution < 1.29 is 19.2 Å². The van der Waals surface area contributed by atoms with Gasteiger partial charge in [-0.15, -0.1) is 0 Å². The van der Waals surface area contributed by atoms with Crippen LogP contribution in [0.25, 0.3) is 11.8 Å². The fourth-order valence-electron chi connectivity index (χ4n) is 4.43. The molecule has 2 aromatic rings. The second-order valence-corrected chi connectivity index (χ2v) is 8.00. The van der Waals surface area contributed by atoms with Crippen LogP contribution in [0.5, 0.6) is 0 Å². The van der Waals surface area contributed by atoms with E-state index < -0.39 is 23.8 Å². The molecule has 160 valence electrons. The molecule has 31 heavy (non-hydrogen) atoms. The number of imide groups is 2. The van der Waals surface area contributed by atoms with E-state index in [0.29, 0.717) is 11.1 Å². The molecule has 1 aliphatic heterocycles. The van der Waals surface area contributed by atoms with Gasteiger partial charge in [0.1, 0.15) is 5.57 Å². The second kappa shape index (κ2) is 7.86. The number of carbonyl (C=O) groups excluding carboxylic acids is 4. The van der Waals surface area contributed by atoms with Crippen LogP contribution in [-0.4, -0.2) is 39.3 Å². The Hall–Kier alpha value is -3.68. The molecule has 5 amide bonds. The Labute approximate surface area is 179 Å². The van der Waals surface area contributed by atoms with Crippen molar-refractivity contribution in [3.63, 3.8) is 0 Å². The minimum absolute atomic E-state index is 0.0455. The van der Waals surface area contributed by atoms with Crippen molar-refractivity contribution in [2.24, 2.45) is 5.73 Å². The highest BCUT2D eigenvalue weighted by Crippen LogP contribution is 2.28. The number of carbonyl (C=O) groups is 4. The van der Waals surface area contributed by atoms with Crippen LogP contribution < -0.4 is 11.1 Å². The van der Waals surface area contributed by atoms with E-state index in [1.165, 1.54) is 4.90 Å². The summed E-state index contributed by atoms with van der Waals surface area (Å²) >= 11 is 0. The summed E-state index contributed by atoms with van der Waals surface area (Å²) in [7, 11) is 0. The summed E-state index contributed by atoms with van der Waals surface area (Å²) in [6.07, 6.45) is 4.99. The quantitative estimate of drug-likeness (QED) is 0.584. The number of barbiturate groups is 1. The van der Waals surface area contributed by atoms with E-state index in [4.69, 9.17) is 5.73 Å². The Morgan fingerprint density at radius 2 is 1.74 bits per heavy atom. The second-order valence-electron chi connectivity index (χ2n) is 8.00. The van der Waals surface area contributed by atoms with Crippen molar-refractivity contribution >= 4 is 29.8 Å². The highest BCUT2D eigenvalue weighted by Gasteiger charge is 2.40. The van der Waals surface area contributed by atoms with Gasteiger partial charge in [0.2, 0.25) is 5.91 Å². The molecule has 1 aliphatic carbocycles. The third kappa shape index (κ3) is 3.65. The summed E-state index contributed by atoms with van der Waals surface area (Å²) < 4.78 is 1.96. The zero-order valence-electron chi connectivity index (χ0n) is 17.5. The SMILES string of the molecule is Cc1cc(/C=C2\C(=O)NC(=O)N(C3CCCC3)C2=O)c(C)n1-c1ccc(C(N)=O)cc1. The number of nitrogens with zero attached hydrogens (tertiary/aromatic N) is 2. The maximum Gasteiger partial charge on any atom is 0.331 e. The molecule has 4 rings (SSSR count). The first-order valence-corrected chi connectivity index (χ1v) is 10.3. The molecule has 1 saturated heterocycles. The van der Waals surface area contributed by atoms with Crippen molar-refractivity contribution in [2.75, 3.05) is 0 Å². The maximum absolute atomic E-state index is 13.0. The number of hydrogen-bond donors (Lipinski definition) is 2. The van der Waals surface area contributed by atoms with Crippen LogP contribution in [0.1, 0.15) is 53.0 Å². The molecule has 1 aromatic carbocycles. The van der Waals surface area contributed by atoms with E-state index in [1.54, 1.807) is 30.3 Å². The van der Waals surface area contributed by atoms with Crippen LogP contribution >= 0.6 is 0 Å². The fraction of sp³-hybridized carbons (Fsp3) is 0.304. The lowest BCUT2D eigenvalue weighted by molar-refractivity contribution is -0.131. The minimum atomic E-state index is -0.681. The fourth-order valence-corrected chi connectivity index (χ4v) is 4.43. The highest BCUT2D eigenvalue weighted by molar-refractivity contribution is 6.31. The first-order chi connectivity index (χ1) is 14.8. The number of nitrogens with two attached hydrogens (primary N) is 1. The zero-order chi connectivity index (χ0) is 22.3. The van der Waals surface area contributed by atoms with Gasteiger partial charge in [0.05, 0.1) is 0 Å². The number of primary amides is 1. The molecule has 1 aromatic heterocycles. The Balaban J connectivity index is 1.70. The van der Waals surface area contributed by atoms with Crippen molar-refractivity contribution in [3.8, 4) is 5.69 Å². The van der Waals surface area contributed by atoms with Crippen LogP contribution in [-0.2, 0) is 9.59 Å². The van der Waals surface area contributed by atoms with E-state index in [2.05, 4.69) is 5.32 Å². The molecule has 0 atom stereocenters. The third-order valence-corrected chi connectivity index (χ3v) is 6.00. The van der Waals surface area contributed by atoms with Gasteiger partial charge in [-0.05, 0) is 68.7 Å². The monoisotopic (exact) mass is 420 g/mol. The molecule has 8 nitrogen and oxygen atoms in total. The van der Waals surface area contributed by atoms with Crippen LogP contribution in [0.4, 0.5) is 4.79 Å². The van der Waals surface area contributed by atoms with Crippen LogP contribution in [0, 0.1) is 13.8 Å². The minimum Gasteiger partial charge on any atom is -0.366 e. The predicted molar refractivity (Wildman–Crippen MR) is 114 cm³/mol. The Morgan fingerprint density at radius 3 is 2.35 bits per heavy atom. The number of urea groups is 1. The van der Waals surface area contributed by atoms with Gasteiger partial charge in [-0.25, -0.2) is 4.79 Å². The smallest absolute Gasteiger partial charge is 0.331 e. The van der Waals surface area contributed by atoms with Crippen LogP contribution in [0.3, 0.4) is 0 Å². The molecular formula is C23H24N4O4. The van der Waals surface area contributed by atoms with Crippen molar-refractivity contribution in [2.45, 2.75) is 45.6 Å². The molecule has 2 fully saturated rings. The van der Waals surface area contributed by atoms with Crippen LogP contribution in [0.15, 0.2) is 35.9 Å². The third-order valence-electron chi connectivity index (χ3n) is 6.00. The maximum atomic E-state index is 13.0. The van der Waals surface area contributed by atoms with Crippen LogP contribution in [0.2, 0.25) is 0 Å². The summed E-state index contributed by atoms with van der Waals surface area (Å²) in [5.41, 5.74) is 8.92. The normalized spacial score (nSPS) is 18.7. The van der Waals surface area contributed by atoms with E-state index in [0.717, 1.165) is 42.8 Å². The molecule has 0 radical (unpaired) electrons. The van der Waals surface area contributed by atoms with Gasteiger partial charge in [-0.1, -0.05) is 12.8 Å². The van der Waals surface area contributed by atoms with Crippen molar-refractivity contribution in [1.82, 2.24) is 14.8 Å². The molecule has 1 saturated carbocycles. The lowest BCUT2D eigenvalue weighted by atomic mass is 10.1. The largest absolute Gasteiger partial charge is 0.366 e. The Morgan fingerprint density at radius 1 is 1.10 bits per heavy atom. The molecule has 8 heteroatoms. The van der Waals surface area contributed by atoms with Crippen molar-refractivity contribution in [1.29, 1.82) is 0 Å². The van der Waals surface area contributed by atoms with Gasteiger partial charge in [0.15, 0.2) is 0 Å². The highest BCUT2D eigenvalue weighted by atomic mass is 16.2. The van der Waals surface area contributed by atoms with E-state index in [9.17, 15) is 19.2 Å². The number of nitrogens with one attached hydrogen (secondary N) is 1. The molecule has 3 N–H and O–H groups in total. The van der Waals surface area contributed by atoms with Gasteiger partial charge >= 0.3 is 6.03 Å². The average Bonchev–Trinajstić information content (AvgIpc) is 3.33. The standard InChI is InChI=1S/C23H24N4O4/c1-13-11-16(14(2)26(13)18-9-7-15(8-10-18)20(24)28)12-19-21(29)25-23(31)27(22(19)30)17-5-3-4-6-17/h7-12,17H,3-6H2,1-2H3,(H2,24,28)(H,25,29,31)/b19-12+. The molecule has 0 spiro atoms. The molecule has 2 aliphatic rings. The number of aromatic nitrogens is 1. The number of benzene rings is 1. The Kier molecular flexibility index (Phi) is 5.22. The molecule has 0 bridgehead atoms. The summed E-state index contributed by atoms with van der Waals surface area (Å²) in [6.45, 7) is 3.79. The molecule has 0 unspecified atom stereocenters. The summed E-state index contributed by atoms with van der Waals surface area (Å²) in [6, 6.07) is 7.95. The number of aryl methyl sites for hydroxylation is 1. The van der Waals surface area contributed by atoms with Gasteiger partial charge in [0, 0.05) is 28.7 Å². The number of hydrogen-bond acceptors (Lipinski definition) is 4. The number of amides is 5. The topological polar surface area (TPSA) is 114 Å². The Bertz CT molecular complexity index is 1120. The van der Waals surface area contributed by atoms with Gasteiger partial charge in [-0.2, -0.15) is 0 Å². The van der Waals surface area contributed by atoms with Gasteiger partial charge in [-0.3, -0.25) is 24.6 Å². The average molecular weight is 420 g/mol. The zero-order valence-corrected chi connectivity index (χ0v) is 17.5. The number of rotatable bonds is 4. The summed E-state index contributed by atoms with van der Waals surface area (Å²) in [4.78, 5) is 50.3. The summed E-state index contributed by atoms with van der Waals surface area (Å²) in [5.74, 6) is -1.72. The molecular weight excluding hydrogens is 396 g/mol. The lowest BCUT2D eigenvalue weighted by Gasteiger charge is -2.31. The van der Waals surface area contributed by atoms with Crippen molar-refractivity contribution in [3.05, 3.63) is 58.4 Å². The molecule has 2 heterocycles. The lowest BCUT2D eigenvalue weighted by Crippen LogP contribution is -2.57. The van der Waals surface area contributed by atoms with Gasteiger partial charge in [0.25, 0.3) is 11.8 Å². The first-order valence-electron chi connectivity index (χ1n) is 10.3. The van der Waals surface area contributed by atoms with E-state index in [1.807, 2.05) is 24.5 Å². The first kappa shape index (κ1) is 20.6. The van der Waals surface area contributed by atoms with E-state index in [-0.39, 0.29) is 11.6 Å². The van der Waals surface area contributed by atoms with E-state index >= 15 is 0 Å². The predicted octanol–water partition coefficient (Wildman–Crippen LogP) is 2.60. The summed E-state index contributed by atoms with van der Waals surface area (Å²) in [5, 5.41) is 2.30. The van der Waals surface area contributed by atoms with Gasteiger partial charge < -0.3 is 10.3 Å².